The smallest absolute Gasteiger partial charge is 0.307 e. The fraction of sp³-hybridized carbons (Fsp3) is 0.524. The molecule has 0 unspecified atom stereocenters. The van der Waals surface area contributed by atoms with Crippen molar-refractivity contribution >= 4 is 22.9 Å². The van der Waals surface area contributed by atoms with Gasteiger partial charge in [0.1, 0.15) is 0 Å². The SMILES string of the molecule is Cc1csc(=O)n1CCC(=O)Nc1ccccc1CN(C)C1CCCCC1. The average Bonchev–Trinajstić information content (AvgIpc) is 3.00. The first-order valence-electron chi connectivity index (χ1n) is 9.77. The number of anilines is 1. The maximum Gasteiger partial charge on any atom is 0.307 e. The Morgan fingerprint density at radius 2 is 2.00 bits per heavy atom. The number of para-hydroxylation sites is 1. The second kappa shape index (κ2) is 9.33. The molecule has 3 rings (SSSR count). The minimum Gasteiger partial charge on any atom is -0.326 e. The van der Waals surface area contributed by atoms with Gasteiger partial charge in [0, 0.05) is 42.3 Å². The van der Waals surface area contributed by atoms with Crippen molar-refractivity contribution in [2.75, 3.05) is 12.4 Å². The lowest BCUT2D eigenvalue weighted by atomic mass is 9.94. The number of aryl methyl sites for hydroxylation is 1. The summed E-state index contributed by atoms with van der Waals surface area (Å²) in [6.45, 7) is 3.15. The molecule has 1 aromatic heterocycles. The Morgan fingerprint density at radius 1 is 1.26 bits per heavy atom. The highest BCUT2D eigenvalue weighted by molar-refractivity contribution is 7.07. The van der Waals surface area contributed by atoms with Gasteiger partial charge in [0.25, 0.3) is 0 Å². The van der Waals surface area contributed by atoms with Crippen molar-refractivity contribution < 1.29 is 4.79 Å². The summed E-state index contributed by atoms with van der Waals surface area (Å²) >= 11 is 1.18. The third kappa shape index (κ3) is 5.30. The lowest BCUT2D eigenvalue weighted by molar-refractivity contribution is -0.116. The highest BCUT2D eigenvalue weighted by atomic mass is 32.1. The highest BCUT2D eigenvalue weighted by Gasteiger charge is 2.19. The molecule has 0 aliphatic heterocycles. The topological polar surface area (TPSA) is 54.3 Å². The first-order chi connectivity index (χ1) is 13.0. The van der Waals surface area contributed by atoms with Crippen molar-refractivity contribution in [3.8, 4) is 0 Å². The molecule has 1 saturated carbocycles. The largest absolute Gasteiger partial charge is 0.326 e. The number of carbonyl (C=O) groups is 1. The van der Waals surface area contributed by atoms with Crippen molar-refractivity contribution in [3.63, 3.8) is 0 Å². The minimum absolute atomic E-state index is 0.00481. The van der Waals surface area contributed by atoms with Gasteiger partial charge in [0.2, 0.25) is 5.91 Å². The highest BCUT2D eigenvalue weighted by Crippen LogP contribution is 2.25. The van der Waals surface area contributed by atoms with Gasteiger partial charge < -0.3 is 9.88 Å². The number of aromatic nitrogens is 1. The number of hydrogen-bond acceptors (Lipinski definition) is 4. The van der Waals surface area contributed by atoms with Crippen LogP contribution in [0.25, 0.3) is 0 Å². The van der Waals surface area contributed by atoms with Gasteiger partial charge in [-0.3, -0.25) is 14.5 Å². The number of nitrogens with one attached hydrogen (secondary N) is 1. The van der Waals surface area contributed by atoms with E-state index in [-0.39, 0.29) is 10.8 Å². The third-order valence-corrected chi connectivity index (χ3v) is 6.33. The molecule has 1 aliphatic rings. The van der Waals surface area contributed by atoms with Crippen molar-refractivity contribution in [2.24, 2.45) is 0 Å². The van der Waals surface area contributed by atoms with Gasteiger partial charge in [-0.15, -0.1) is 0 Å². The van der Waals surface area contributed by atoms with Crippen LogP contribution in [0.2, 0.25) is 0 Å². The number of benzene rings is 1. The predicted molar refractivity (Wildman–Crippen MR) is 111 cm³/mol. The number of amides is 1. The molecule has 1 aliphatic carbocycles. The van der Waals surface area contributed by atoms with Crippen LogP contribution < -0.4 is 10.2 Å². The van der Waals surface area contributed by atoms with E-state index in [9.17, 15) is 9.59 Å². The maximum atomic E-state index is 12.4. The molecule has 1 amide bonds. The van der Waals surface area contributed by atoms with Crippen LogP contribution in [0.5, 0.6) is 0 Å². The third-order valence-electron chi connectivity index (χ3n) is 5.45. The van der Waals surface area contributed by atoms with Crippen molar-refractivity contribution in [1.29, 1.82) is 0 Å². The molecule has 0 saturated heterocycles. The fourth-order valence-electron chi connectivity index (χ4n) is 3.80. The predicted octanol–water partition coefficient (Wildman–Crippen LogP) is 4.01. The molecular formula is C21H29N3O2S. The van der Waals surface area contributed by atoms with Gasteiger partial charge >= 0.3 is 4.87 Å². The molecule has 0 radical (unpaired) electrons. The second-order valence-electron chi connectivity index (χ2n) is 7.46. The summed E-state index contributed by atoms with van der Waals surface area (Å²) in [4.78, 5) is 26.6. The van der Waals surface area contributed by atoms with Crippen LogP contribution in [-0.2, 0) is 17.9 Å². The van der Waals surface area contributed by atoms with E-state index in [2.05, 4.69) is 23.3 Å². The zero-order valence-corrected chi connectivity index (χ0v) is 17.1. The zero-order chi connectivity index (χ0) is 19.2. The molecule has 2 aromatic rings. The molecule has 1 fully saturated rings. The van der Waals surface area contributed by atoms with Crippen LogP contribution in [0, 0.1) is 6.92 Å². The Labute approximate surface area is 165 Å². The normalized spacial score (nSPS) is 15.2. The molecule has 1 heterocycles. The van der Waals surface area contributed by atoms with E-state index in [4.69, 9.17) is 0 Å². The molecule has 1 N–H and O–H groups in total. The molecule has 1 aromatic carbocycles. The fourth-order valence-corrected chi connectivity index (χ4v) is 4.56. The van der Waals surface area contributed by atoms with Crippen molar-refractivity contribution in [2.45, 2.75) is 64.6 Å². The van der Waals surface area contributed by atoms with E-state index in [0.29, 0.717) is 19.0 Å². The Hall–Kier alpha value is -1.92. The molecule has 5 nitrogen and oxygen atoms in total. The molecule has 0 atom stereocenters. The van der Waals surface area contributed by atoms with Gasteiger partial charge in [-0.1, -0.05) is 48.8 Å². The average molecular weight is 388 g/mol. The number of rotatable bonds is 7. The Balaban J connectivity index is 1.59. The van der Waals surface area contributed by atoms with Crippen LogP contribution in [0.3, 0.4) is 0 Å². The molecule has 6 heteroatoms. The Bertz CT molecular complexity index is 821. The van der Waals surface area contributed by atoms with E-state index in [1.165, 1.54) is 43.4 Å². The van der Waals surface area contributed by atoms with Gasteiger partial charge in [-0.2, -0.15) is 0 Å². The summed E-state index contributed by atoms with van der Waals surface area (Å²) in [5, 5.41) is 4.87. The number of nitrogens with zero attached hydrogens (tertiary/aromatic N) is 2. The van der Waals surface area contributed by atoms with E-state index < -0.39 is 0 Å². The first kappa shape index (κ1) is 19.8. The summed E-state index contributed by atoms with van der Waals surface area (Å²) < 4.78 is 1.66. The van der Waals surface area contributed by atoms with Crippen molar-refractivity contribution in [1.82, 2.24) is 9.47 Å². The van der Waals surface area contributed by atoms with E-state index >= 15 is 0 Å². The lowest BCUT2D eigenvalue weighted by Gasteiger charge is -2.31. The first-order valence-corrected chi connectivity index (χ1v) is 10.7. The van der Waals surface area contributed by atoms with E-state index in [1.807, 2.05) is 30.5 Å². The molecule has 0 bridgehead atoms. The summed E-state index contributed by atoms with van der Waals surface area (Å²) in [6, 6.07) is 8.66. The minimum atomic E-state index is -0.0553. The van der Waals surface area contributed by atoms with Crippen LogP contribution in [0.1, 0.15) is 49.8 Å². The van der Waals surface area contributed by atoms with Gasteiger partial charge in [0.05, 0.1) is 0 Å². The monoisotopic (exact) mass is 387 g/mol. The molecule has 27 heavy (non-hydrogen) atoms. The Kier molecular flexibility index (Phi) is 6.85. The second-order valence-corrected chi connectivity index (χ2v) is 8.28. The summed E-state index contributed by atoms with van der Waals surface area (Å²) in [5.41, 5.74) is 2.93. The van der Waals surface area contributed by atoms with Crippen LogP contribution in [0.4, 0.5) is 5.69 Å². The van der Waals surface area contributed by atoms with Crippen molar-refractivity contribution in [3.05, 3.63) is 50.6 Å². The van der Waals surface area contributed by atoms with E-state index in [0.717, 1.165) is 23.5 Å². The number of carbonyl (C=O) groups excluding carboxylic acids is 1. The standard InChI is InChI=1S/C21H29N3O2S/c1-16-15-27-21(26)24(16)13-12-20(25)22-19-11-7-6-8-17(19)14-23(2)18-9-4-3-5-10-18/h6-8,11,15,18H,3-5,9-10,12-14H2,1-2H3,(H,22,25). The molecular weight excluding hydrogens is 358 g/mol. The van der Waals surface area contributed by atoms with E-state index in [1.54, 1.807) is 4.57 Å². The summed E-state index contributed by atoms with van der Waals surface area (Å²) in [7, 11) is 2.18. The van der Waals surface area contributed by atoms with Crippen LogP contribution in [-0.4, -0.2) is 28.5 Å². The number of hydrogen-bond donors (Lipinski definition) is 1. The number of thiazole rings is 1. The van der Waals surface area contributed by atoms with Gasteiger partial charge in [-0.05, 0) is 38.4 Å². The maximum absolute atomic E-state index is 12.4. The summed E-state index contributed by atoms with van der Waals surface area (Å²) in [5.74, 6) is -0.0553. The molecule has 146 valence electrons. The van der Waals surface area contributed by atoms with Gasteiger partial charge in [-0.25, -0.2) is 0 Å². The van der Waals surface area contributed by atoms with Crippen LogP contribution >= 0.6 is 11.3 Å². The molecule has 0 spiro atoms. The summed E-state index contributed by atoms with van der Waals surface area (Å²) in [6.07, 6.45) is 6.80. The van der Waals surface area contributed by atoms with Gasteiger partial charge in [0.15, 0.2) is 0 Å². The zero-order valence-electron chi connectivity index (χ0n) is 16.2. The van der Waals surface area contributed by atoms with Crippen LogP contribution in [0.15, 0.2) is 34.4 Å². The quantitative estimate of drug-likeness (QED) is 0.781. The lowest BCUT2D eigenvalue weighted by Crippen LogP contribution is -2.33. The Morgan fingerprint density at radius 3 is 2.70 bits per heavy atom.